The standard InChI is InChI=1S/C63H62N5O13P/c1-44-36-67(60(71)65-58(44)69)38-46(40-77-62(48-14-9-7-10-15-48,50-18-26-54(73-3)27-19-50)51-20-28-55(74-4)29-21-51)42-80-82(79-35-13-34-64)81-43-47(39-68-37-45(2)59(70)66-61(68)72)41-78-63(49-16-11-8-12-17-49,52-22-30-56(75-5)31-23-52)53-24-32-57(76-6)33-25-53/h7-12,14-33,36-39H,13,35,40-43H2,1-6H3,(H,65,69,71)(H,66,70,72)/b46-38-,47-39-. The van der Waals surface area contributed by atoms with Crippen molar-refractivity contribution in [2.75, 3.05) is 61.5 Å². The van der Waals surface area contributed by atoms with Gasteiger partial charge >= 0.3 is 20.0 Å². The summed E-state index contributed by atoms with van der Waals surface area (Å²) in [7, 11) is 3.97. The van der Waals surface area contributed by atoms with Crippen molar-refractivity contribution >= 4 is 21.0 Å². The second-order valence-corrected chi connectivity index (χ2v) is 19.9. The summed E-state index contributed by atoms with van der Waals surface area (Å²) in [5.74, 6) is 2.51. The number of nitrogens with zero attached hydrogens (tertiary/aromatic N) is 3. The number of aryl methyl sites for hydroxylation is 2. The first-order valence-corrected chi connectivity index (χ1v) is 27.0. The van der Waals surface area contributed by atoms with E-state index in [-0.39, 0.29) is 50.6 Å². The number of nitrogens with one attached hydrogen (secondary N) is 2. The van der Waals surface area contributed by atoms with E-state index in [0.717, 1.165) is 33.4 Å². The van der Waals surface area contributed by atoms with Gasteiger partial charge in [-0.15, -0.1) is 0 Å². The molecule has 0 aliphatic heterocycles. The SMILES string of the molecule is COc1ccc(C(OC/C(=C/n2cc(C)c(=O)[nH]c2=O)COP(OCCC#N)OC/C(=C\n2cc(C)c(=O)[nH]c2=O)COC(c2ccccc2)(c2ccc(OC)cc2)c2ccc(OC)cc2)(c2ccccc2)c2ccc(OC)cc2)cc1. The fraction of sp³-hybridized carbons (Fsp3) is 0.222. The van der Waals surface area contributed by atoms with Crippen molar-refractivity contribution in [2.45, 2.75) is 31.5 Å². The lowest BCUT2D eigenvalue weighted by Crippen LogP contribution is -2.34. The van der Waals surface area contributed by atoms with Crippen LogP contribution in [0.2, 0.25) is 0 Å². The Labute approximate surface area is 475 Å². The predicted octanol–water partition coefficient (Wildman–Crippen LogP) is 9.63. The highest BCUT2D eigenvalue weighted by Gasteiger charge is 2.40. The second-order valence-electron chi connectivity index (χ2n) is 18.6. The van der Waals surface area contributed by atoms with E-state index in [1.165, 1.54) is 33.9 Å². The van der Waals surface area contributed by atoms with E-state index in [9.17, 15) is 24.4 Å². The molecule has 6 aromatic carbocycles. The quantitative estimate of drug-likeness (QED) is 0.0279. The van der Waals surface area contributed by atoms with E-state index in [0.29, 0.717) is 34.1 Å². The van der Waals surface area contributed by atoms with Crippen LogP contribution in [-0.4, -0.2) is 80.6 Å². The number of hydrogen-bond donors (Lipinski definition) is 2. The summed E-state index contributed by atoms with van der Waals surface area (Å²) in [6.07, 6.45) is 5.82. The van der Waals surface area contributed by atoms with Gasteiger partial charge in [-0.05, 0) is 107 Å². The molecule has 2 N–H and O–H groups in total. The summed E-state index contributed by atoms with van der Waals surface area (Å²) in [4.78, 5) is 57.0. The van der Waals surface area contributed by atoms with Crippen molar-refractivity contribution in [3.63, 3.8) is 0 Å². The Hall–Kier alpha value is -8.92. The summed E-state index contributed by atoms with van der Waals surface area (Å²) in [5, 5.41) is 9.65. The van der Waals surface area contributed by atoms with E-state index >= 15 is 0 Å². The van der Waals surface area contributed by atoms with Crippen LogP contribution in [-0.2, 0) is 34.2 Å². The third-order valence-electron chi connectivity index (χ3n) is 13.4. The van der Waals surface area contributed by atoms with E-state index in [1.54, 1.807) is 42.3 Å². The predicted molar refractivity (Wildman–Crippen MR) is 312 cm³/mol. The topological polar surface area (TPSA) is 217 Å². The van der Waals surface area contributed by atoms with Crippen LogP contribution in [0.5, 0.6) is 23.0 Å². The van der Waals surface area contributed by atoms with Crippen molar-refractivity contribution in [2.24, 2.45) is 0 Å². The van der Waals surface area contributed by atoms with Crippen molar-refractivity contribution in [1.29, 1.82) is 5.26 Å². The molecule has 0 saturated heterocycles. The number of nitriles is 1. The normalized spacial score (nSPS) is 12.4. The maximum Gasteiger partial charge on any atom is 0.333 e. The van der Waals surface area contributed by atoms with Gasteiger partial charge in [0.15, 0.2) is 0 Å². The van der Waals surface area contributed by atoms with Gasteiger partial charge in [0.1, 0.15) is 34.2 Å². The summed E-state index contributed by atoms with van der Waals surface area (Å²) >= 11 is 0. The van der Waals surface area contributed by atoms with Gasteiger partial charge in [0.05, 0.1) is 74.0 Å². The molecule has 0 spiro atoms. The second kappa shape index (κ2) is 28.0. The maximum atomic E-state index is 13.5. The third-order valence-corrected chi connectivity index (χ3v) is 14.4. The highest BCUT2D eigenvalue weighted by atomic mass is 31.2. The van der Waals surface area contributed by atoms with Gasteiger partial charge in [0.2, 0.25) is 0 Å². The Balaban J connectivity index is 1.19. The van der Waals surface area contributed by atoms with Gasteiger partial charge in [0, 0.05) is 35.9 Å². The maximum absolute atomic E-state index is 13.5. The molecule has 82 heavy (non-hydrogen) atoms. The first kappa shape index (κ1) is 59.2. The highest BCUT2D eigenvalue weighted by Crippen LogP contribution is 2.45. The molecule has 0 fully saturated rings. The number of methoxy groups -OCH3 is 4. The smallest absolute Gasteiger partial charge is 0.333 e. The average Bonchev–Trinajstić information content (AvgIpc) is 3.57. The van der Waals surface area contributed by atoms with Gasteiger partial charge in [0.25, 0.3) is 11.1 Å². The van der Waals surface area contributed by atoms with Crippen molar-refractivity contribution in [3.05, 3.63) is 267 Å². The zero-order valence-corrected chi connectivity index (χ0v) is 47.1. The van der Waals surface area contributed by atoms with Crippen molar-refractivity contribution < 1.29 is 42.0 Å². The number of aromatic amines is 2. The van der Waals surface area contributed by atoms with Crippen LogP contribution in [0.3, 0.4) is 0 Å². The van der Waals surface area contributed by atoms with Crippen LogP contribution in [0.15, 0.2) is 200 Å². The lowest BCUT2D eigenvalue weighted by molar-refractivity contribution is 0.0231. The fourth-order valence-electron chi connectivity index (χ4n) is 9.09. The molecule has 0 unspecified atom stereocenters. The number of aromatic nitrogens is 4. The van der Waals surface area contributed by atoms with E-state index in [2.05, 4.69) is 16.0 Å². The Kier molecular flexibility index (Phi) is 20.2. The Morgan fingerprint density at radius 3 is 1.10 bits per heavy atom. The van der Waals surface area contributed by atoms with E-state index in [1.807, 2.05) is 158 Å². The van der Waals surface area contributed by atoms with Crippen molar-refractivity contribution in [3.8, 4) is 29.1 Å². The van der Waals surface area contributed by atoms with Crippen LogP contribution >= 0.6 is 8.60 Å². The van der Waals surface area contributed by atoms with Crippen LogP contribution in [0.4, 0.5) is 0 Å². The molecular weight excluding hydrogens is 1070 g/mol. The highest BCUT2D eigenvalue weighted by molar-refractivity contribution is 7.41. The number of H-pyrrole nitrogens is 2. The molecule has 8 rings (SSSR count). The molecule has 0 radical (unpaired) electrons. The molecule has 0 bridgehead atoms. The molecule has 19 heteroatoms. The zero-order chi connectivity index (χ0) is 58.1. The number of ether oxygens (including phenoxy) is 6. The molecule has 422 valence electrons. The molecule has 18 nitrogen and oxygen atoms in total. The number of benzene rings is 6. The molecular formula is C63H62N5O13P. The van der Waals surface area contributed by atoms with Gasteiger partial charge in [-0.1, -0.05) is 109 Å². The molecule has 0 atom stereocenters. The largest absolute Gasteiger partial charge is 0.497 e. The van der Waals surface area contributed by atoms with E-state index in [4.69, 9.17) is 42.0 Å². The molecule has 0 aliphatic rings. The molecule has 8 aromatic rings. The minimum atomic E-state index is -2.38. The van der Waals surface area contributed by atoms with Gasteiger partial charge in [-0.25, -0.2) is 9.59 Å². The minimum Gasteiger partial charge on any atom is -0.497 e. The average molecular weight is 1130 g/mol. The lowest BCUT2D eigenvalue weighted by atomic mass is 9.80. The number of hydrogen-bond acceptors (Lipinski definition) is 14. The summed E-state index contributed by atoms with van der Waals surface area (Å²) in [6, 6.07) is 51.4. The fourth-order valence-corrected chi connectivity index (χ4v) is 10.1. The minimum absolute atomic E-state index is 0.0199. The van der Waals surface area contributed by atoms with Gasteiger partial charge < -0.3 is 42.0 Å². The van der Waals surface area contributed by atoms with Gasteiger partial charge in [-0.2, -0.15) is 5.26 Å². The van der Waals surface area contributed by atoms with Crippen LogP contribution in [0, 0.1) is 25.2 Å². The zero-order valence-electron chi connectivity index (χ0n) is 46.2. The van der Waals surface area contributed by atoms with Crippen LogP contribution in [0.1, 0.15) is 50.9 Å². The monoisotopic (exact) mass is 1130 g/mol. The first-order valence-electron chi connectivity index (χ1n) is 25.9. The molecule has 2 heterocycles. The Morgan fingerprint density at radius 1 is 0.476 bits per heavy atom. The lowest BCUT2D eigenvalue weighted by Gasteiger charge is -2.36. The molecule has 0 saturated carbocycles. The van der Waals surface area contributed by atoms with Crippen LogP contribution in [0.25, 0.3) is 12.4 Å². The molecule has 0 amide bonds. The molecule has 2 aromatic heterocycles. The summed E-state index contributed by atoms with van der Waals surface area (Å²) in [6.45, 7) is 2.12. The first-order chi connectivity index (χ1) is 39.8. The molecule has 0 aliphatic carbocycles. The Morgan fingerprint density at radius 2 is 0.793 bits per heavy atom. The number of rotatable bonds is 27. The third kappa shape index (κ3) is 14.0. The van der Waals surface area contributed by atoms with Crippen LogP contribution < -0.4 is 41.4 Å². The summed E-state index contributed by atoms with van der Waals surface area (Å²) in [5.41, 5.74) is 0.659. The summed E-state index contributed by atoms with van der Waals surface area (Å²) < 4.78 is 58.5. The van der Waals surface area contributed by atoms with Crippen molar-refractivity contribution in [1.82, 2.24) is 19.1 Å². The van der Waals surface area contributed by atoms with E-state index < -0.39 is 42.3 Å². The van der Waals surface area contributed by atoms with Gasteiger partial charge in [-0.3, -0.25) is 28.7 Å². The Bertz CT molecular complexity index is 3410.